The highest BCUT2D eigenvalue weighted by molar-refractivity contribution is 7.89. The first-order valence-electron chi connectivity index (χ1n) is 9.15. The number of piperidine rings is 1. The van der Waals surface area contributed by atoms with E-state index in [0.717, 1.165) is 19.4 Å². The maximum Gasteiger partial charge on any atom is 0.246 e. The summed E-state index contributed by atoms with van der Waals surface area (Å²) in [6.07, 6.45) is 3.07. The van der Waals surface area contributed by atoms with E-state index in [4.69, 9.17) is 21.1 Å². The number of amides is 1. The number of carbonyl (C=O) groups excluding carboxylic acids is 1. The molecule has 1 atom stereocenters. The monoisotopic (exact) mass is 416 g/mol. The summed E-state index contributed by atoms with van der Waals surface area (Å²) in [5, 5.41) is 3.27. The lowest BCUT2D eigenvalue weighted by Gasteiger charge is -2.31. The molecule has 2 heterocycles. The van der Waals surface area contributed by atoms with Crippen LogP contribution in [0, 0.1) is 5.92 Å². The predicted octanol–water partition coefficient (Wildman–Crippen LogP) is 2.04. The molecule has 1 N–H and O–H groups in total. The van der Waals surface area contributed by atoms with Crippen LogP contribution in [0.3, 0.4) is 0 Å². The van der Waals surface area contributed by atoms with Crippen LogP contribution in [0.1, 0.15) is 25.7 Å². The molecule has 1 aromatic rings. The van der Waals surface area contributed by atoms with Gasteiger partial charge in [-0.25, -0.2) is 8.42 Å². The second-order valence-electron chi connectivity index (χ2n) is 6.85. The van der Waals surface area contributed by atoms with Gasteiger partial charge in [-0.15, -0.1) is 0 Å². The van der Waals surface area contributed by atoms with Crippen molar-refractivity contribution in [3.05, 3.63) is 23.2 Å². The summed E-state index contributed by atoms with van der Waals surface area (Å²) in [7, 11) is -2.31. The van der Waals surface area contributed by atoms with Crippen LogP contribution in [0.15, 0.2) is 23.1 Å². The lowest BCUT2D eigenvalue weighted by molar-refractivity contribution is -0.126. The van der Waals surface area contributed by atoms with Gasteiger partial charge in [0.1, 0.15) is 10.6 Å². The Labute approximate surface area is 165 Å². The molecule has 2 aliphatic rings. The van der Waals surface area contributed by atoms with Crippen molar-refractivity contribution < 1.29 is 22.7 Å². The number of sulfonamides is 1. The minimum atomic E-state index is -3.73. The Morgan fingerprint density at radius 2 is 2.07 bits per heavy atom. The van der Waals surface area contributed by atoms with Crippen molar-refractivity contribution in [1.82, 2.24) is 9.62 Å². The molecule has 0 aliphatic carbocycles. The van der Waals surface area contributed by atoms with Crippen LogP contribution in [-0.2, 0) is 19.6 Å². The molecule has 150 valence electrons. The standard InChI is InChI=1S/C18H25ClN2O5S/c1-25-16-5-4-14(19)11-17(16)27(23,24)21-8-6-13(7-9-21)18(22)20-12-15-3-2-10-26-15/h4-5,11,13,15H,2-3,6-10,12H2,1H3,(H,20,22). The van der Waals surface area contributed by atoms with E-state index in [9.17, 15) is 13.2 Å². The number of hydrogen-bond donors (Lipinski definition) is 1. The first kappa shape index (κ1) is 20.4. The Balaban J connectivity index is 1.59. The van der Waals surface area contributed by atoms with Crippen LogP contribution < -0.4 is 10.1 Å². The van der Waals surface area contributed by atoms with E-state index >= 15 is 0 Å². The molecule has 2 aliphatic heterocycles. The fourth-order valence-electron chi connectivity index (χ4n) is 3.51. The molecule has 9 heteroatoms. The average molecular weight is 417 g/mol. The summed E-state index contributed by atoms with van der Waals surface area (Å²) >= 11 is 5.97. The SMILES string of the molecule is COc1ccc(Cl)cc1S(=O)(=O)N1CCC(C(=O)NCC2CCCO2)CC1. The first-order chi connectivity index (χ1) is 12.9. The molecule has 1 amide bonds. The molecule has 1 aromatic carbocycles. The van der Waals surface area contributed by atoms with Gasteiger partial charge < -0.3 is 14.8 Å². The molecular formula is C18H25ClN2O5S. The van der Waals surface area contributed by atoms with Gasteiger partial charge in [-0.3, -0.25) is 4.79 Å². The third-order valence-corrected chi connectivity index (χ3v) is 7.25. The fourth-order valence-corrected chi connectivity index (χ4v) is 5.40. The summed E-state index contributed by atoms with van der Waals surface area (Å²) in [4.78, 5) is 12.4. The zero-order valence-corrected chi connectivity index (χ0v) is 16.9. The van der Waals surface area contributed by atoms with Crippen LogP contribution in [-0.4, -0.2) is 58.1 Å². The number of halogens is 1. The fraction of sp³-hybridized carbons (Fsp3) is 0.611. The minimum absolute atomic E-state index is 0.0251. The van der Waals surface area contributed by atoms with Crippen LogP contribution >= 0.6 is 11.6 Å². The number of carbonyl (C=O) groups is 1. The highest BCUT2D eigenvalue weighted by atomic mass is 35.5. The third kappa shape index (κ3) is 4.74. The van der Waals surface area contributed by atoms with Crippen molar-refractivity contribution in [2.24, 2.45) is 5.92 Å². The summed E-state index contributed by atoms with van der Waals surface area (Å²) < 4.78 is 38.0. The number of nitrogens with zero attached hydrogens (tertiary/aromatic N) is 1. The number of methoxy groups -OCH3 is 1. The molecular weight excluding hydrogens is 392 g/mol. The molecule has 3 rings (SSSR count). The van der Waals surface area contributed by atoms with E-state index in [2.05, 4.69) is 5.32 Å². The van der Waals surface area contributed by atoms with Crippen molar-refractivity contribution >= 4 is 27.5 Å². The number of nitrogens with one attached hydrogen (secondary N) is 1. The quantitative estimate of drug-likeness (QED) is 0.767. The van der Waals surface area contributed by atoms with E-state index in [0.29, 0.717) is 24.4 Å². The zero-order valence-electron chi connectivity index (χ0n) is 15.3. The maximum absolute atomic E-state index is 13.0. The lowest BCUT2D eigenvalue weighted by atomic mass is 9.97. The van der Waals surface area contributed by atoms with E-state index in [1.807, 2.05) is 0 Å². The van der Waals surface area contributed by atoms with E-state index < -0.39 is 10.0 Å². The third-order valence-electron chi connectivity index (χ3n) is 5.10. The van der Waals surface area contributed by atoms with Gasteiger partial charge in [-0.2, -0.15) is 4.31 Å². The second kappa shape index (κ2) is 8.77. The van der Waals surface area contributed by atoms with Crippen LogP contribution in [0.4, 0.5) is 0 Å². The highest BCUT2D eigenvalue weighted by Crippen LogP contribution is 2.31. The molecule has 0 aromatic heterocycles. The normalized spacial score (nSPS) is 21.9. The van der Waals surface area contributed by atoms with Crippen molar-refractivity contribution in [3.63, 3.8) is 0 Å². The Bertz CT molecular complexity index is 772. The Morgan fingerprint density at radius 1 is 1.33 bits per heavy atom. The molecule has 7 nitrogen and oxygen atoms in total. The minimum Gasteiger partial charge on any atom is -0.495 e. The second-order valence-corrected chi connectivity index (χ2v) is 9.20. The van der Waals surface area contributed by atoms with Gasteiger partial charge in [0, 0.05) is 37.2 Å². The molecule has 1 unspecified atom stereocenters. The summed E-state index contributed by atoms with van der Waals surface area (Å²) in [6, 6.07) is 4.53. The Kier molecular flexibility index (Phi) is 6.62. The maximum atomic E-state index is 13.0. The molecule has 2 saturated heterocycles. The van der Waals surface area contributed by atoms with Gasteiger partial charge in [-0.1, -0.05) is 11.6 Å². The number of benzene rings is 1. The predicted molar refractivity (Wildman–Crippen MR) is 101 cm³/mol. The van der Waals surface area contributed by atoms with Gasteiger partial charge in [0.15, 0.2) is 0 Å². The molecule has 0 radical (unpaired) electrons. The van der Waals surface area contributed by atoms with Gasteiger partial charge in [0.2, 0.25) is 15.9 Å². The average Bonchev–Trinajstić information content (AvgIpc) is 3.20. The van der Waals surface area contributed by atoms with Crippen molar-refractivity contribution in [2.45, 2.75) is 36.7 Å². The topological polar surface area (TPSA) is 84.9 Å². The van der Waals surface area contributed by atoms with Crippen LogP contribution in [0.2, 0.25) is 5.02 Å². The highest BCUT2D eigenvalue weighted by Gasteiger charge is 2.34. The Hall–Kier alpha value is -1.35. The largest absolute Gasteiger partial charge is 0.495 e. The molecule has 0 saturated carbocycles. The molecule has 2 fully saturated rings. The van der Waals surface area contributed by atoms with Crippen LogP contribution in [0.5, 0.6) is 5.75 Å². The van der Waals surface area contributed by atoms with Crippen molar-refractivity contribution in [3.8, 4) is 5.75 Å². The van der Waals surface area contributed by atoms with Gasteiger partial charge in [0.25, 0.3) is 0 Å². The Morgan fingerprint density at radius 3 is 2.70 bits per heavy atom. The smallest absolute Gasteiger partial charge is 0.246 e. The number of hydrogen-bond acceptors (Lipinski definition) is 5. The lowest BCUT2D eigenvalue weighted by Crippen LogP contribution is -2.44. The number of ether oxygens (including phenoxy) is 2. The van der Waals surface area contributed by atoms with Gasteiger partial charge >= 0.3 is 0 Å². The van der Waals surface area contributed by atoms with Gasteiger partial charge in [-0.05, 0) is 43.9 Å². The summed E-state index contributed by atoms with van der Waals surface area (Å²) in [6.45, 7) is 1.85. The molecule has 0 bridgehead atoms. The zero-order chi connectivity index (χ0) is 19.4. The molecule has 0 spiro atoms. The van der Waals surface area contributed by atoms with Crippen molar-refractivity contribution in [2.75, 3.05) is 33.4 Å². The van der Waals surface area contributed by atoms with Gasteiger partial charge in [0.05, 0.1) is 13.2 Å². The van der Waals surface area contributed by atoms with E-state index in [1.54, 1.807) is 12.1 Å². The summed E-state index contributed by atoms with van der Waals surface area (Å²) in [5.41, 5.74) is 0. The molecule has 27 heavy (non-hydrogen) atoms. The van der Waals surface area contributed by atoms with Crippen molar-refractivity contribution in [1.29, 1.82) is 0 Å². The summed E-state index contributed by atoms with van der Waals surface area (Å²) in [5.74, 6) is 0.0535. The van der Waals surface area contributed by atoms with E-state index in [-0.39, 0.29) is 41.7 Å². The number of rotatable bonds is 6. The van der Waals surface area contributed by atoms with E-state index in [1.165, 1.54) is 17.5 Å². The van der Waals surface area contributed by atoms with Crippen LogP contribution in [0.25, 0.3) is 0 Å². The first-order valence-corrected chi connectivity index (χ1v) is 11.0.